The van der Waals surface area contributed by atoms with Crippen LogP contribution in [-0.2, 0) is 6.54 Å². The average Bonchev–Trinajstić information content (AvgIpc) is 2.52. The molecule has 112 valence electrons. The number of benzene rings is 2. The van der Waals surface area contributed by atoms with E-state index in [1.807, 2.05) is 0 Å². The van der Waals surface area contributed by atoms with Crippen LogP contribution in [0.3, 0.4) is 0 Å². The zero-order valence-electron chi connectivity index (χ0n) is 11.5. The molecule has 0 bridgehead atoms. The third-order valence-corrected chi connectivity index (χ3v) is 3.98. The molecule has 0 radical (unpaired) electrons. The van der Waals surface area contributed by atoms with E-state index >= 15 is 0 Å². The number of aromatic hydroxyl groups is 1. The van der Waals surface area contributed by atoms with Crippen LogP contribution in [0.25, 0.3) is 22.3 Å². The van der Waals surface area contributed by atoms with Crippen molar-refractivity contribution in [3.05, 3.63) is 56.7 Å². The van der Waals surface area contributed by atoms with Crippen LogP contribution in [-0.4, -0.2) is 5.11 Å². The fourth-order valence-electron chi connectivity index (χ4n) is 2.25. The van der Waals surface area contributed by atoms with Gasteiger partial charge in [0.25, 0.3) is 0 Å². The number of hydrogen-bond donors (Lipinski definition) is 3. The lowest BCUT2D eigenvalue weighted by Crippen LogP contribution is -2.05. The summed E-state index contributed by atoms with van der Waals surface area (Å²) in [5.74, 6) is -0.322. The minimum Gasteiger partial charge on any atom is -0.502 e. The molecule has 5 N–H and O–H groups in total. The first kappa shape index (κ1) is 14.6. The van der Waals surface area contributed by atoms with E-state index < -0.39 is 11.2 Å². The number of hydrogen-bond acceptors (Lipinski definition) is 5. The van der Waals surface area contributed by atoms with Crippen LogP contribution >= 0.6 is 15.9 Å². The molecule has 2 aromatic carbocycles. The highest BCUT2D eigenvalue weighted by Gasteiger charge is 2.17. The van der Waals surface area contributed by atoms with Gasteiger partial charge in [-0.3, -0.25) is 4.79 Å². The summed E-state index contributed by atoms with van der Waals surface area (Å²) < 4.78 is 6.36. The maximum atomic E-state index is 12.4. The predicted octanol–water partition coefficient (Wildman–Crippen LogP) is 2.97. The van der Waals surface area contributed by atoms with Crippen LogP contribution < -0.4 is 16.9 Å². The quantitative estimate of drug-likeness (QED) is 0.609. The molecule has 0 unspecified atom stereocenters. The lowest BCUT2D eigenvalue weighted by Gasteiger charge is -2.09. The highest BCUT2D eigenvalue weighted by Crippen LogP contribution is 2.33. The standard InChI is InChI=1S/C16H13BrN2O3/c17-12-6-8(7-18)5-11-13(20)14(21)15(22-16(11)12)9-1-3-10(19)4-2-9/h1-6,21H,7,18-19H2. The van der Waals surface area contributed by atoms with E-state index in [2.05, 4.69) is 15.9 Å². The Bertz CT molecular complexity index is 917. The molecule has 22 heavy (non-hydrogen) atoms. The largest absolute Gasteiger partial charge is 0.502 e. The molecular formula is C16H13BrN2O3. The average molecular weight is 361 g/mol. The number of rotatable bonds is 2. The van der Waals surface area contributed by atoms with E-state index in [1.54, 1.807) is 36.4 Å². The predicted molar refractivity (Wildman–Crippen MR) is 89.6 cm³/mol. The van der Waals surface area contributed by atoms with Crippen LogP contribution in [0.2, 0.25) is 0 Å². The Morgan fingerprint density at radius 3 is 2.50 bits per heavy atom. The maximum Gasteiger partial charge on any atom is 0.235 e. The van der Waals surface area contributed by atoms with Crippen LogP contribution in [0.4, 0.5) is 5.69 Å². The van der Waals surface area contributed by atoms with Crippen molar-refractivity contribution in [1.29, 1.82) is 0 Å². The second-order valence-corrected chi connectivity index (χ2v) is 5.74. The van der Waals surface area contributed by atoms with Gasteiger partial charge in [0, 0.05) is 17.8 Å². The van der Waals surface area contributed by atoms with Crippen LogP contribution in [0, 0.1) is 0 Å². The Labute approximate surface area is 134 Å². The fourth-order valence-corrected chi connectivity index (χ4v) is 2.84. The summed E-state index contributed by atoms with van der Waals surface area (Å²) in [6, 6.07) is 10.1. The molecule has 0 atom stereocenters. The van der Waals surface area contributed by atoms with Gasteiger partial charge in [-0.15, -0.1) is 0 Å². The molecule has 0 amide bonds. The van der Waals surface area contributed by atoms with Gasteiger partial charge in [0.1, 0.15) is 0 Å². The van der Waals surface area contributed by atoms with E-state index in [0.29, 0.717) is 21.3 Å². The number of anilines is 1. The monoisotopic (exact) mass is 360 g/mol. The smallest absolute Gasteiger partial charge is 0.235 e. The van der Waals surface area contributed by atoms with E-state index in [-0.39, 0.29) is 17.7 Å². The van der Waals surface area contributed by atoms with Crippen LogP contribution in [0.5, 0.6) is 5.75 Å². The normalized spacial score (nSPS) is 11.0. The third-order valence-electron chi connectivity index (χ3n) is 3.39. The van der Waals surface area contributed by atoms with Gasteiger partial charge in [0.2, 0.25) is 11.2 Å². The molecule has 0 aliphatic heterocycles. The Balaban J connectivity index is 2.34. The molecule has 0 saturated carbocycles. The molecule has 0 saturated heterocycles. The van der Waals surface area contributed by atoms with Gasteiger partial charge in [-0.05, 0) is 57.9 Å². The van der Waals surface area contributed by atoms with Gasteiger partial charge >= 0.3 is 0 Å². The van der Waals surface area contributed by atoms with Crippen molar-refractivity contribution in [2.75, 3.05) is 5.73 Å². The highest BCUT2D eigenvalue weighted by atomic mass is 79.9. The molecule has 0 fully saturated rings. The molecule has 6 heteroatoms. The first-order valence-corrected chi connectivity index (χ1v) is 7.34. The van der Waals surface area contributed by atoms with E-state index in [0.717, 1.165) is 5.56 Å². The van der Waals surface area contributed by atoms with Gasteiger partial charge in [0.05, 0.1) is 9.86 Å². The van der Waals surface area contributed by atoms with Crippen molar-refractivity contribution in [3.63, 3.8) is 0 Å². The van der Waals surface area contributed by atoms with Crippen molar-refractivity contribution in [2.24, 2.45) is 5.73 Å². The fraction of sp³-hybridized carbons (Fsp3) is 0.0625. The Morgan fingerprint density at radius 1 is 1.18 bits per heavy atom. The molecule has 3 rings (SSSR count). The van der Waals surface area contributed by atoms with Gasteiger partial charge in [-0.25, -0.2) is 0 Å². The second-order valence-electron chi connectivity index (χ2n) is 4.89. The zero-order chi connectivity index (χ0) is 15.9. The minimum atomic E-state index is -0.496. The first-order valence-electron chi connectivity index (χ1n) is 6.55. The highest BCUT2D eigenvalue weighted by molar-refractivity contribution is 9.10. The molecule has 0 spiro atoms. The lowest BCUT2D eigenvalue weighted by atomic mass is 10.1. The summed E-state index contributed by atoms with van der Waals surface area (Å²) in [6.45, 7) is 0.286. The van der Waals surface area contributed by atoms with Gasteiger partial charge in [0.15, 0.2) is 11.3 Å². The Hall–Kier alpha value is -2.31. The third kappa shape index (κ3) is 2.36. The SMILES string of the molecule is NCc1cc(Br)c2oc(-c3ccc(N)cc3)c(O)c(=O)c2c1. The summed E-state index contributed by atoms with van der Waals surface area (Å²) >= 11 is 3.38. The van der Waals surface area contributed by atoms with Gasteiger partial charge < -0.3 is 21.0 Å². The van der Waals surface area contributed by atoms with Crippen molar-refractivity contribution in [1.82, 2.24) is 0 Å². The number of nitrogens with two attached hydrogens (primary N) is 2. The Kier molecular flexibility index (Phi) is 3.64. The van der Waals surface area contributed by atoms with Crippen molar-refractivity contribution in [3.8, 4) is 17.1 Å². The molecular weight excluding hydrogens is 348 g/mol. The van der Waals surface area contributed by atoms with Crippen molar-refractivity contribution < 1.29 is 9.52 Å². The molecule has 5 nitrogen and oxygen atoms in total. The molecule has 3 aromatic rings. The molecule has 0 aliphatic rings. The van der Waals surface area contributed by atoms with Crippen LogP contribution in [0.1, 0.15) is 5.56 Å². The summed E-state index contributed by atoms with van der Waals surface area (Å²) in [5.41, 5.74) is 13.0. The lowest BCUT2D eigenvalue weighted by molar-refractivity contribution is 0.449. The van der Waals surface area contributed by atoms with E-state index in [1.165, 1.54) is 0 Å². The van der Waals surface area contributed by atoms with E-state index in [4.69, 9.17) is 15.9 Å². The molecule has 1 aromatic heterocycles. The van der Waals surface area contributed by atoms with Gasteiger partial charge in [-0.2, -0.15) is 0 Å². The molecule has 1 heterocycles. The minimum absolute atomic E-state index is 0.110. The number of nitrogen functional groups attached to an aromatic ring is 1. The van der Waals surface area contributed by atoms with Crippen LogP contribution in [0.15, 0.2) is 50.1 Å². The second kappa shape index (κ2) is 5.47. The maximum absolute atomic E-state index is 12.4. The Morgan fingerprint density at radius 2 is 1.86 bits per heavy atom. The molecule has 0 aliphatic carbocycles. The van der Waals surface area contributed by atoms with E-state index in [9.17, 15) is 9.90 Å². The van der Waals surface area contributed by atoms with Crippen molar-refractivity contribution in [2.45, 2.75) is 6.54 Å². The zero-order valence-corrected chi connectivity index (χ0v) is 13.1. The number of fused-ring (bicyclic) bond motifs is 1. The first-order chi connectivity index (χ1) is 10.5. The summed E-state index contributed by atoms with van der Waals surface area (Å²) in [5, 5.41) is 10.5. The summed E-state index contributed by atoms with van der Waals surface area (Å²) in [7, 11) is 0. The topological polar surface area (TPSA) is 102 Å². The summed E-state index contributed by atoms with van der Waals surface area (Å²) in [6.07, 6.45) is 0. The summed E-state index contributed by atoms with van der Waals surface area (Å²) in [4.78, 5) is 12.4. The van der Waals surface area contributed by atoms with Gasteiger partial charge in [-0.1, -0.05) is 0 Å². The number of halogens is 1. The van der Waals surface area contributed by atoms with Crippen molar-refractivity contribution >= 4 is 32.6 Å².